The van der Waals surface area contributed by atoms with Crippen molar-refractivity contribution in [3.63, 3.8) is 0 Å². The Morgan fingerprint density at radius 1 is 1.33 bits per heavy atom. The third-order valence-corrected chi connectivity index (χ3v) is 2.88. The van der Waals surface area contributed by atoms with Crippen LogP contribution in [0.5, 0.6) is 5.75 Å². The number of hydrogen-bond donors (Lipinski definition) is 0. The Balaban J connectivity index is 3.11. The van der Waals surface area contributed by atoms with Crippen molar-refractivity contribution in [2.75, 3.05) is 5.75 Å². The third kappa shape index (κ3) is 3.73. The molecule has 1 aromatic rings. The van der Waals surface area contributed by atoms with Gasteiger partial charge in [0.1, 0.15) is 17.3 Å². The van der Waals surface area contributed by atoms with Crippen LogP contribution in [-0.4, -0.2) is 14.2 Å². The van der Waals surface area contributed by atoms with Gasteiger partial charge in [-0.15, -0.1) is 6.58 Å². The van der Waals surface area contributed by atoms with Crippen molar-refractivity contribution in [3.8, 4) is 5.75 Å². The molecule has 0 amide bonds. The fraction of sp³-hybridized carbons (Fsp3) is 0.200. The zero-order valence-electron chi connectivity index (χ0n) is 8.87. The van der Waals surface area contributed by atoms with Gasteiger partial charge in [-0.1, -0.05) is 6.08 Å². The lowest BCUT2D eigenvalue weighted by atomic mass is 10.2. The number of halogens is 4. The minimum absolute atomic E-state index is 0.288. The highest BCUT2D eigenvalue weighted by Gasteiger charge is 2.34. The first-order valence-electron chi connectivity index (χ1n) is 4.55. The second-order valence-corrected chi connectivity index (χ2v) is 4.85. The summed E-state index contributed by atoms with van der Waals surface area (Å²) < 4.78 is 76.7. The van der Waals surface area contributed by atoms with Gasteiger partial charge in [0.05, 0.1) is 5.56 Å². The van der Waals surface area contributed by atoms with E-state index in [0.717, 1.165) is 12.1 Å². The summed E-state index contributed by atoms with van der Waals surface area (Å²) in [6, 6.07) is 1.57. The van der Waals surface area contributed by atoms with E-state index in [4.69, 9.17) is 0 Å². The predicted octanol–water partition coefficient (Wildman–Crippen LogP) is 2.74. The molecule has 0 heterocycles. The number of rotatable bonds is 4. The van der Waals surface area contributed by atoms with Crippen LogP contribution >= 0.6 is 0 Å². The maximum absolute atomic E-state index is 12.9. The monoisotopic (exact) mass is 284 g/mol. The number of benzene rings is 1. The van der Waals surface area contributed by atoms with Crippen molar-refractivity contribution in [2.24, 2.45) is 0 Å². The van der Waals surface area contributed by atoms with E-state index in [1.807, 2.05) is 0 Å². The van der Waals surface area contributed by atoms with Crippen molar-refractivity contribution < 1.29 is 30.2 Å². The molecule has 3 nitrogen and oxygen atoms in total. The van der Waals surface area contributed by atoms with Crippen LogP contribution in [0.1, 0.15) is 5.56 Å². The lowest BCUT2D eigenvalue weighted by molar-refractivity contribution is -0.140. The smallest absolute Gasteiger partial charge is 0.382 e. The average Bonchev–Trinajstić information content (AvgIpc) is 2.18. The molecule has 1 rings (SSSR count). The van der Waals surface area contributed by atoms with E-state index in [1.54, 1.807) is 0 Å². The number of alkyl halides is 3. The fourth-order valence-corrected chi connectivity index (χ4v) is 1.85. The van der Waals surface area contributed by atoms with Crippen LogP contribution in [0.25, 0.3) is 0 Å². The molecule has 0 unspecified atom stereocenters. The molecule has 0 aliphatic rings. The molecule has 0 atom stereocenters. The fourth-order valence-electron chi connectivity index (χ4n) is 1.10. The van der Waals surface area contributed by atoms with E-state index in [-0.39, 0.29) is 6.07 Å². The van der Waals surface area contributed by atoms with Gasteiger partial charge in [-0.05, 0) is 18.2 Å². The topological polar surface area (TPSA) is 43.4 Å². The molecule has 0 saturated heterocycles. The van der Waals surface area contributed by atoms with E-state index in [0.29, 0.717) is 6.07 Å². The first kappa shape index (κ1) is 14.5. The first-order valence-corrected chi connectivity index (χ1v) is 6.13. The molecule has 0 fully saturated rings. The summed E-state index contributed by atoms with van der Waals surface area (Å²) in [7, 11) is -4.07. The summed E-state index contributed by atoms with van der Waals surface area (Å²) in [6.45, 7) is 3.16. The Labute approximate surface area is 101 Å². The second-order valence-electron chi connectivity index (χ2n) is 3.24. The van der Waals surface area contributed by atoms with Crippen LogP contribution < -0.4 is 4.18 Å². The zero-order chi connectivity index (χ0) is 14.0. The standard InChI is InChI=1S/C10H8F4O3S/c1-2-5-18(15,16)17-7-3-4-9(11)8(6-7)10(12,13)14/h2-4,6H,1,5H2. The molecular formula is C10H8F4O3S. The van der Waals surface area contributed by atoms with Crippen molar-refractivity contribution in [3.05, 3.63) is 42.2 Å². The van der Waals surface area contributed by atoms with Gasteiger partial charge in [0.15, 0.2) is 0 Å². The first-order chi connectivity index (χ1) is 8.15. The van der Waals surface area contributed by atoms with E-state index in [9.17, 15) is 26.0 Å². The molecule has 8 heteroatoms. The molecule has 0 N–H and O–H groups in total. The Kier molecular flexibility index (Phi) is 4.00. The highest BCUT2D eigenvalue weighted by Crippen LogP contribution is 2.33. The Bertz CT molecular complexity index is 549. The van der Waals surface area contributed by atoms with Crippen molar-refractivity contribution in [1.82, 2.24) is 0 Å². The van der Waals surface area contributed by atoms with E-state index in [2.05, 4.69) is 10.8 Å². The van der Waals surface area contributed by atoms with E-state index >= 15 is 0 Å². The lowest BCUT2D eigenvalue weighted by Crippen LogP contribution is -2.14. The minimum Gasteiger partial charge on any atom is -0.382 e. The van der Waals surface area contributed by atoms with Gasteiger partial charge >= 0.3 is 16.3 Å². The van der Waals surface area contributed by atoms with Gasteiger partial charge in [0.25, 0.3) is 0 Å². The third-order valence-electron chi connectivity index (χ3n) is 1.79. The van der Waals surface area contributed by atoms with Crippen LogP contribution in [-0.2, 0) is 16.3 Å². The Morgan fingerprint density at radius 3 is 2.44 bits per heavy atom. The average molecular weight is 284 g/mol. The predicted molar refractivity (Wildman–Crippen MR) is 56.0 cm³/mol. The van der Waals surface area contributed by atoms with Gasteiger partial charge < -0.3 is 4.18 Å². The van der Waals surface area contributed by atoms with Crippen LogP contribution in [0, 0.1) is 5.82 Å². The quantitative estimate of drug-likeness (QED) is 0.485. The van der Waals surface area contributed by atoms with Crippen molar-refractivity contribution in [1.29, 1.82) is 0 Å². The number of hydrogen-bond acceptors (Lipinski definition) is 3. The molecule has 1 aromatic carbocycles. The SMILES string of the molecule is C=CCS(=O)(=O)Oc1ccc(F)c(C(F)(F)F)c1. The molecule has 0 radical (unpaired) electrons. The maximum Gasteiger partial charge on any atom is 0.419 e. The van der Waals surface area contributed by atoms with Crippen LogP contribution in [0.4, 0.5) is 17.6 Å². The highest BCUT2D eigenvalue weighted by atomic mass is 32.2. The molecule has 18 heavy (non-hydrogen) atoms. The van der Waals surface area contributed by atoms with Gasteiger partial charge in [0.2, 0.25) is 0 Å². The van der Waals surface area contributed by atoms with Gasteiger partial charge in [-0.25, -0.2) is 4.39 Å². The van der Waals surface area contributed by atoms with E-state index < -0.39 is 39.2 Å². The maximum atomic E-state index is 12.9. The Morgan fingerprint density at radius 2 is 1.94 bits per heavy atom. The largest absolute Gasteiger partial charge is 0.419 e. The summed E-state index contributed by atoms with van der Waals surface area (Å²) in [5, 5.41) is 0. The van der Waals surface area contributed by atoms with Crippen molar-refractivity contribution in [2.45, 2.75) is 6.18 Å². The van der Waals surface area contributed by atoms with Gasteiger partial charge in [0, 0.05) is 0 Å². The van der Waals surface area contributed by atoms with Crippen LogP contribution in [0.3, 0.4) is 0 Å². The molecule has 0 aliphatic heterocycles. The molecule has 0 aliphatic carbocycles. The second kappa shape index (κ2) is 4.97. The lowest BCUT2D eigenvalue weighted by Gasteiger charge is -2.10. The summed E-state index contributed by atoms with van der Waals surface area (Å²) in [5.74, 6) is -2.67. The molecule has 0 bridgehead atoms. The summed E-state index contributed by atoms with van der Waals surface area (Å²) in [6.07, 6.45) is -3.91. The normalized spacial score (nSPS) is 12.2. The van der Waals surface area contributed by atoms with Gasteiger partial charge in [-0.3, -0.25) is 0 Å². The summed E-state index contributed by atoms with van der Waals surface area (Å²) in [5.41, 5.74) is -1.59. The molecule has 100 valence electrons. The molecular weight excluding hydrogens is 276 g/mol. The van der Waals surface area contributed by atoms with Crippen LogP contribution in [0.15, 0.2) is 30.9 Å². The molecule has 0 spiro atoms. The summed E-state index contributed by atoms with van der Waals surface area (Å²) >= 11 is 0. The molecule has 0 saturated carbocycles. The van der Waals surface area contributed by atoms with Gasteiger partial charge in [-0.2, -0.15) is 21.6 Å². The Hall–Kier alpha value is -1.57. The minimum atomic E-state index is -4.92. The van der Waals surface area contributed by atoms with Crippen LogP contribution in [0.2, 0.25) is 0 Å². The highest BCUT2D eigenvalue weighted by molar-refractivity contribution is 7.87. The van der Waals surface area contributed by atoms with E-state index in [1.165, 1.54) is 0 Å². The van der Waals surface area contributed by atoms with Crippen molar-refractivity contribution >= 4 is 10.1 Å². The molecule has 0 aromatic heterocycles. The summed E-state index contributed by atoms with van der Waals surface area (Å²) in [4.78, 5) is 0. The zero-order valence-corrected chi connectivity index (χ0v) is 9.68.